The van der Waals surface area contributed by atoms with Gasteiger partial charge >= 0.3 is 0 Å². The Morgan fingerprint density at radius 3 is 2.67 bits per heavy atom. The van der Waals surface area contributed by atoms with Crippen LogP contribution in [0.5, 0.6) is 0 Å². The molecule has 0 unspecified atom stereocenters. The van der Waals surface area contributed by atoms with Crippen LogP contribution >= 0.6 is 23.2 Å². The summed E-state index contributed by atoms with van der Waals surface area (Å²) in [5.41, 5.74) is 3.69. The summed E-state index contributed by atoms with van der Waals surface area (Å²) in [5.74, 6) is 1.66. The van der Waals surface area contributed by atoms with Gasteiger partial charge in [-0.1, -0.05) is 23.2 Å². The zero-order valence-corrected chi connectivity index (χ0v) is 24.6. The highest BCUT2D eigenvalue weighted by atomic mass is 35.5. The topological polar surface area (TPSA) is 103 Å². The number of H-pyrrole nitrogens is 1. The van der Waals surface area contributed by atoms with Crippen molar-refractivity contribution in [3.63, 3.8) is 0 Å². The second-order valence-corrected chi connectivity index (χ2v) is 12.8. The van der Waals surface area contributed by atoms with Gasteiger partial charge in [0.05, 0.1) is 38.9 Å². The van der Waals surface area contributed by atoms with Gasteiger partial charge in [0, 0.05) is 36.5 Å². The minimum atomic E-state index is -0.827. The average molecular weight is 586 g/mol. The zero-order chi connectivity index (χ0) is 28.0. The standard InChI is InChI=1S/C30H38Cl2N6O2/c1-17(2)37(9-4-3-5-27-35-24-13-21(31)22(32)14-25(24)36-27)15-19-12-26(29(40)28(19)39)38-10-8-20-23(11-18-6-7-18)33-16-34-30(20)38/h8,10,13-14,16-19,26,28-29,39-40H,3-7,9,11-12,15H2,1-2H3,(H,35,36)/t19-,26-,28-,29+/m1/s1. The fourth-order valence-electron chi connectivity index (χ4n) is 6.25. The fourth-order valence-corrected chi connectivity index (χ4v) is 6.57. The number of halogens is 2. The molecule has 0 saturated heterocycles. The van der Waals surface area contributed by atoms with Crippen LogP contribution in [-0.2, 0) is 12.8 Å². The van der Waals surface area contributed by atoms with Gasteiger partial charge in [-0.05, 0) is 83.0 Å². The van der Waals surface area contributed by atoms with Crippen LogP contribution in [-0.4, -0.2) is 71.0 Å². The van der Waals surface area contributed by atoms with E-state index in [-0.39, 0.29) is 12.0 Å². The normalized spacial score (nSPS) is 23.4. The predicted molar refractivity (Wildman–Crippen MR) is 159 cm³/mol. The highest BCUT2D eigenvalue weighted by Crippen LogP contribution is 2.39. The number of aliphatic hydroxyl groups is 2. The number of fused-ring (bicyclic) bond motifs is 2. The number of benzene rings is 1. The molecule has 0 amide bonds. The van der Waals surface area contributed by atoms with Crippen LogP contribution in [0.25, 0.3) is 22.1 Å². The quantitative estimate of drug-likeness (QED) is 0.199. The molecule has 214 valence electrons. The van der Waals surface area contributed by atoms with Gasteiger partial charge in [-0.2, -0.15) is 0 Å². The maximum atomic E-state index is 11.1. The SMILES string of the molecule is CC(C)N(CCCCc1nc2cc(Cl)c(Cl)cc2[nH]1)C[C@H]1C[C@@H](n2ccc3c(CC4CC4)ncnc32)[C@H](O)[C@@H]1O. The minimum absolute atomic E-state index is 0.0162. The number of aromatic amines is 1. The molecular weight excluding hydrogens is 547 g/mol. The van der Waals surface area contributed by atoms with E-state index in [1.54, 1.807) is 12.4 Å². The Morgan fingerprint density at radius 2 is 1.90 bits per heavy atom. The van der Waals surface area contributed by atoms with Gasteiger partial charge in [-0.15, -0.1) is 0 Å². The molecule has 1 aromatic carbocycles. The van der Waals surface area contributed by atoms with Crippen molar-refractivity contribution in [2.45, 2.75) is 83.1 Å². The molecule has 4 atom stereocenters. The molecule has 2 aliphatic carbocycles. The number of imidazole rings is 1. The van der Waals surface area contributed by atoms with E-state index in [1.807, 2.05) is 12.3 Å². The number of aliphatic hydroxyl groups excluding tert-OH is 2. The molecule has 3 heterocycles. The van der Waals surface area contributed by atoms with Gasteiger partial charge in [-0.25, -0.2) is 15.0 Å². The van der Waals surface area contributed by atoms with Crippen LogP contribution in [0.2, 0.25) is 10.0 Å². The first-order chi connectivity index (χ1) is 19.3. The highest BCUT2D eigenvalue weighted by molar-refractivity contribution is 6.42. The molecule has 40 heavy (non-hydrogen) atoms. The third kappa shape index (κ3) is 5.74. The van der Waals surface area contributed by atoms with E-state index < -0.39 is 12.2 Å². The molecule has 3 N–H and O–H groups in total. The lowest BCUT2D eigenvalue weighted by Crippen LogP contribution is -2.40. The van der Waals surface area contributed by atoms with E-state index in [2.05, 4.69) is 49.3 Å². The number of aromatic nitrogens is 5. The fraction of sp³-hybridized carbons (Fsp3) is 0.567. The molecule has 0 radical (unpaired) electrons. The highest BCUT2D eigenvalue weighted by Gasteiger charge is 2.43. The summed E-state index contributed by atoms with van der Waals surface area (Å²) in [5, 5.41) is 24.3. The summed E-state index contributed by atoms with van der Waals surface area (Å²) in [6, 6.07) is 5.83. The van der Waals surface area contributed by atoms with Crippen molar-refractivity contribution in [1.29, 1.82) is 0 Å². The molecular formula is C30H38Cl2N6O2. The van der Waals surface area contributed by atoms with E-state index in [4.69, 9.17) is 23.2 Å². The molecule has 0 bridgehead atoms. The lowest BCUT2D eigenvalue weighted by atomic mass is 10.0. The van der Waals surface area contributed by atoms with E-state index in [0.717, 1.165) is 78.3 Å². The van der Waals surface area contributed by atoms with E-state index in [1.165, 1.54) is 12.8 Å². The lowest BCUT2D eigenvalue weighted by molar-refractivity contribution is -0.00171. The van der Waals surface area contributed by atoms with E-state index in [9.17, 15) is 10.2 Å². The van der Waals surface area contributed by atoms with Gasteiger partial charge in [-0.3, -0.25) is 0 Å². The van der Waals surface area contributed by atoms with Crippen LogP contribution < -0.4 is 0 Å². The van der Waals surface area contributed by atoms with Crippen LogP contribution in [0.3, 0.4) is 0 Å². The Morgan fingerprint density at radius 1 is 1.10 bits per heavy atom. The summed E-state index contributed by atoms with van der Waals surface area (Å²) in [7, 11) is 0. The number of rotatable bonds is 11. The van der Waals surface area contributed by atoms with Crippen molar-refractivity contribution in [2.75, 3.05) is 13.1 Å². The van der Waals surface area contributed by atoms with Gasteiger partial charge in [0.1, 0.15) is 23.9 Å². The van der Waals surface area contributed by atoms with Crippen molar-refractivity contribution in [2.24, 2.45) is 11.8 Å². The smallest absolute Gasteiger partial charge is 0.143 e. The van der Waals surface area contributed by atoms with Crippen molar-refractivity contribution in [3.05, 3.63) is 52.3 Å². The molecule has 10 heteroatoms. The van der Waals surface area contributed by atoms with Gasteiger partial charge in [0.15, 0.2) is 0 Å². The van der Waals surface area contributed by atoms with Gasteiger partial charge < -0.3 is 24.7 Å². The lowest BCUT2D eigenvalue weighted by Gasteiger charge is -2.30. The first-order valence-electron chi connectivity index (χ1n) is 14.5. The predicted octanol–water partition coefficient (Wildman–Crippen LogP) is 5.58. The molecule has 0 spiro atoms. The first kappa shape index (κ1) is 27.9. The summed E-state index contributed by atoms with van der Waals surface area (Å²) in [4.78, 5) is 19.6. The minimum Gasteiger partial charge on any atom is -0.390 e. The third-order valence-electron chi connectivity index (χ3n) is 8.78. The summed E-state index contributed by atoms with van der Waals surface area (Å²) < 4.78 is 2.06. The van der Waals surface area contributed by atoms with E-state index in [0.29, 0.717) is 22.5 Å². The maximum Gasteiger partial charge on any atom is 0.143 e. The first-order valence-corrected chi connectivity index (χ1v) is 15.3. The Kier molecular flexibility index (Phi) is 8.07. The second kappa shape index (κ2) is 11.6. The summed E-state index contributed by atoms with van der Waals surface area (Å²) >= 11 is 12.3. The maximum absolute atomic E-state index is 11.1. The van der Waals surface area contributed by atoms with Crippen molar-refractivity contribution < 1.29 is 10.2 Å². The van der Waals surface area contributed by atoms with Crippen molar-refractivity contribution in [3.8, 4) is 0 Å². The Balaban J connectivity index is 1.07. The van der Waals surface area contributed by atoms with Crippen LogP contribution in [0.15, 0.2) is 30.7 Å². The zero-order valence-electron chi connectivity index (χ0n) is 23.1. The average Bonchev–Trinajstić information content (AvgIpc) is 3.39. The second-order valence-electron chi connectivity index (χ2n) is 12.0. The number of aryl methyl sites for hydroxylation is 1. The number of hydrogen-bond acceptors (Lipinski definition) is 6. The molecule has 0 aliphatic heterocycles. The van der Waals surface area contributed by atoms with Gasteiger partial charge in [0.2, 0.25) is 0 Å². The monoisotopic (exact) mass is 584 g/mol. The number of nitrogens with one attached hydrogen (secondary N) is 1. The van der Waals surface area contributed by atoms with Crippen LogP contribution in [0, 0.1) is 11.8 Å². The molecule has 2 fully saturated rings. The van der Waals surface area contributed by atoms with Crippen molar-refractivity contribution in [1.82, 2.24) is 29.4 Å². The summed E-state index contributed by atoms with van der Waals surface area (Å²) in [6.07, 6.45) is 9.14. The van der Waals surface area contributed by atoms with E-state index >= 15 is 0 Å². The molecule has 2 saturated carbocycles. The number of hydrogen-bond donors (Lipinski definition) is 3. The van der Waals surface area contributed by atoms with Crippen LogP contribution in [0.4, 0.5) is 0 Å². The summed E-state index contributed by atoms with van der Waals surface area (Å²) in [6.45, 7) is 6.05. The molecule has 2 aliphatic rings. The largest absolute Gasteiger partial charge is 0.390 e. The third-order valence-corrected chi connectivity index (χ3v) is 9.50. The molecule has 3 aromatic heterocycles. The Labute approximate surface area is 244 Å². The van der Waals surface area contributed by atoms with Crippen molar-refractivity contribution >= 4 is 45.3 Å². The molecule has 6 rings (SSSR count). The molecule has 8 nitrogen and oxygen atoms in total. The van der Waals surface area contributed by atoms with Gasteiger partial charge in [0.25, 0.3) is 0 Å². The number of unbranched alkanes of at least 4 members (excludes halogenated alkanes) is 1. The number of nitrogens with zero attached hydrogens (tertiary/aromatic N) is 5. The Hall–Kier alpha value is -2.23. The van der Waals surface area contributed by atoms with Crippen LogP contribution in [0.1, 0.15) is 63.5 Å². The Bertz CT molecular complexity index is 1440. The molecule has 4 aromatic rings.